The number of hydrogen-bond acceptors (Lipinski definition) is 3. The Morgan fingerprint density at radius 3 is 2.56 bits per heavy atom. The van der Waals surface area contributed by atoms with E-state index in [4.69, 9.17) is 11.6 Å². The lowest BCUT2D eigenvalue weighted by Gasteiger charge is -2.32. The number of benzene rings is 2. The highest BCUT2D eigenvalue weighted by molar-refractivity contribution is 6.31. The highest BCUT2D eigenvalue weighted by Crippen LogP contribution is 2.33. The molecule has 3 aromatic rings. The molecule has 0 unspecified atom stereocenters. The number of halogens is 5. The highest BCUT2D eigenvalue weighted by Gasteiger charge is 2.38. The standard InChI is InChI=1S/C22H21ClF4N4O/c23-16-11-15(5-6-17(16)24)28-20(32)13-30-9-7-14(8-10-30)12-31-19-4-2-1-3-18(19)29-21(31)22(25,26)27/h1-6,11,14H,7-10,12-13H2,(H,28,32). The molecule has 0 bridgehead atoms. The molecular weight excluding hydrogens is 448 g/mol. The van der Waals surface area contributed by atoms with E-state index in [2.05, 4.69) is 10.3 Å². The third kappa shape index (κ3) is 5.05. The first-order valence-electron chi connectivity index (χ1n) is 10.2. The molecule has 32 heavy (non-hydrogen) atoms. The molecule has 0 atom stereocenters. The number of alkyl halides is 3. The third-order valence-corrected chi connectivity index (χ3v) is 5.92. The number of amides is 1. The molecule has 1 amide bonds. The average molecular weight is 469 g/mol. The molecule has 2 heterocycles. The molecular formula is C22H21ClF4N4O. The van der Waals surface area contributed by atoms with Crippen molar-refractivity contribution in [2.45, 2.75) is 25.6 Å². The first-order valence-corrected chi connectivity index (χ1v) is 10.6. The van der Waals surface area contributed by atoms with Gasteiger partial charge in [0.05, 0.1) is 22.6 Å². The first kappa shape index (κ1) is 22.5. The minimum absolute atomic E-state index is 0.0453. The van der Waals surface area contributed by atoms with Gasteiger partial charge in [-0.25, -0.2) is 9.37 Å². The zero-order valence-electron chi connectivity index (χ0n) is 17.0. The van der Waals surface area contributed by atoms with Gasteiger partial charge in [-0.1, -0.05) is 23.7 Å². The molecule has 1 saturated heterocycles. The second-order valence-corrected chi connectivity index (χ2v) is 8.34. The molecule has 1 aliphatic rings. The summed E-state index contributed by atoms with van der Waals surface area (Å²) in [6.07, 6.45) is -3.19. The molecule has 10 heteroatoms. The molecule has 0 saturated carbocycles. The molecule has 1 N–H and O–H groups in total. The fraction of sp³-hybridized carbons (Fsp3) is 0.364. The van der Waals surface area contributed by atoms with Crippen LogP contribution in [-0.2, 0) is 17.5 Å². The number of anilines is 1. The largest absolute Gasteiger partial charge is 0.449 e. The number of carbonyl (C=O) groups is 1. The van der Waals surface area contributed by atoms with Crippen LogP contribution >= 0.6 is 11.6 Å². The van der Waals surface area contributed by atoms with Gasteiger partial charge in [0.15, 0.2) is 0 Å². The molecule has 1 aromatic heterocycles. The summed E-state index contributed by atoms with van der Waals surface area (Å²) in [5.74, 6) is -1.65. The Labute approximate surface area is 187 Å². The number of aromatic nitrogens is 2. The smallest absolute Gasteiger partial charge is 0.325 e. The SMILES string of the molecule is O=C(CN1CCC(Cn2c(C(F)(F)F)nc3ccccc32)CC1)Nc1ccc(F)c(Cl)c1. The second-order valence-electron chi connectivity index (χ2n) is 7.93. The maximum Gasteiger partial charge on any atom is 0.449 e. The number of rotatable bonds is 5. The van der Waals surface area contributed by atoms with Gasteiger partial charge in [-0.15, -0.1) is 0 Å². The lowest BCUT2D eigenvalue weighted by atomic mass is 9.96. The molecule has 0 spiro atoms. The number of para-hydroxylation sites is 2. The van der Waals surface area contributed by atoms with Crippen LogP contribution in [-0.4, -0.2) is 40.0 Å². The minimum Gasteiger partial charge on any atom is -0.325 e. The van der Waals surface area contributed by atoms with Gasteiger partial charge in [0.1, 0.15) is 5.82 Å². The van der Waals surface area contributed by atoms with E-state index in [1.54, 1.807) is 24.3 Å². The summed E-state index contributed by atoms with van der Waals surface area (Å²) >= 11 is 5.73. The van der Waals surface area contributed by atoms with Crippen LogP contribution in [0.15, 0.2) is 42.5 Å². The van der Waals surface area contributed by atoms with Gasteiger partial charge >= 0.3 is 6.18 Å². The molecule has 0 aliphatic carbocycles. The molecule has 4 rings (SSSR count). The van der Waals surface area contributed by atoms with Gasteiger partial charge in [0.25, 0.3) is 0 Å². The van der Waals surface area contributed by atoms with E-state index in [-0.39, 0.29) is 29.9 Å². The summed E-state index contributed by atoms with van der Waals surface area (Å²) in [7, 11) is 0. The van der Waals surface area contributed by atoms with Gasteiger partial charge in [-0.05, 0) is 62.2 Å². The van der Waals surface area contributed by atoms with Crippen LogP contribution in [0.2, 0.25) is 5.02 Å². The number of nitrogens with zero attached hydrogens (tertiary/aromatic N) is 3. The normalized spacial score (nSPS) is 15.9. The van der Waals surface area contributed by atoms with E-state index in [1.807, 2.05) is 4.90 Å². The van der Waals surface area contributed by atoms with Crippen molar-refractivity contribution in [3.8, 4) is 0 Å². The van der Waals surface area contributed by atoms with Gasteiger partial charge in [0.2, 0.25) is 11.7 Å². The quantitative estimate of drug-likeness (QED) is 0.524. The first-order chi connectivity index (χ1) is 15.2. The average Bonchev–Trinajstić information content (AvgIpc) is 3.11. The fourth-order valence-corrected chi connectivity index (χ4v) is 4.22. The number of nitrogens with one attached hydrogen (secondary N) is 1. The summed E-state index contributed by atoms with van der Waals surface area (Å²) in [4.78, 5) is 18.0. The Kier molecular flexibility index (Phi) is 6.39. The summed E-state index contributed by atoms with van der Waals surface area (Å²) in [5, 5.41) is 2.60. The van der Waals surface area contributed by atoms with Crippen molar-refractivity contribution in [3.63, 3.8) is 0 Å². The van der Waals surface area contributed by atoms with Crippen LogP contribution in [0, 0.1) is 11.7 Å². The Morgan fingerprint density at radius 1 is 1.16 bits per heavy atom. The molecule has 5 nitrogen and oxygen atoms in total. The van der Waals surface area contributed by atoms with Gasteiger partial charge in [-0.3, -0.25) is 9.69 Å². The highest BCUT2D eigenvalue weighted by atomic mass is 35.5. The zero-order valence-corrected chi connectivity index (χ0v) is 17.8. The Hall–Kier alpha value is -2.65. The van der Waals surface area contributed by atoms with Gasteiger partial charge < -0.3 is 9.88 Å². The number of hydrogen-bond donors (Lipinski definition) is 1. The second kappa shape index (κ2) is 9.07. The van der Waals surface area contributed by atoms with Crippen LogP contribution in [0.5, 0.6) is 0 Å². The Morgan fingerprint density at radius 2 is 1.88 bits per heavy atom. The predicted octanol–water partition coefficient (Wildman–Crippen LogP) is 5.20. The van der Waals surface area contributed by atoms with Crippen molar-refractivity contribution >= 4 is 34.2 Å². The van der Waals surface area contributed by atoms with E-state index in [1.165, 1.54) is 22.8 Å². The fourth-order valence-electron chi connectivity index (χ4n) is 4.04. The van der Waals surface area contributed by atoms with Crippen LogP contribution in [0.25, 0.3) is 11.0 Å². The monoisotopic (exact) mass is 468 g/mol. The molecule has 1 aliphatic heterocycles. The van der Waals surface area contributed by atoms with E-state index in [0.29, 0.717) is 42.7 Å². The predicted molar refractivity (Wildman–Crippen MR) is 114 cm³/mol. The summed E-state index contributed by atoms with van der Waals surface area (Å²) in [6.45, 7) is 1.56. The van der Waals surface area contributed by atoms with E-state index < -0.39 is 17.8 Å². The number of imidazole rings is 1. The van der Waals surface area contributed by atoms with Crippen LogP contribution < -0.4 is 5.32 Å². The lowest BCUT2D eigenvalue weighted by Crippen LogP contribution is -2.40. The molecule has 2 aromatic carbocycles. The van der Waals surface area contributed by atoms with Crippen molar-refractivity contribution in [1.82, 2.24) is 14.5 Å². The van der Waals surface area contributed by atoms with Crippen LogP contribution in [0.3, 0.4) is 0 Å². The van der Waals surface area contributed by atoms with Crippen molar-refractivity contribution in [1.29, 1.82) is 0 Å². The van der Waals surface area contributed by atoms with Crippen molar-refractivity contribution < 1.29 is 22.4 Å². The third-order valence-electron chi connectivity index (χ3n) is 5.63. The lowest BCUT2D eigenvalue weighted by molar-refractivity contribution is -0.147. The summed E-state index contributed by atoms with van der Waals surface area (Å²) in [6, 6.07) is 10.6. The molecule has 0 radical (unpaired) electrons. The van der Waals surface area contributed by atoms with E-state index in [9.17, 15) is 22.4 Å². The van der Waals surface area contributed by atoms with Crippen LogP contribution in [0.4, 0.5) is 23.2 Å². The van der Waals surface area contributed by atoms with Crippen LogP contribution in [0.1, 0.15) is 18.7 Å². The number of fused-ring (bicyclic) bond motifs is 1. The number of likely N-dealkylation sites (tertiary alicyclic amines) is 1. The summed E-state index contributed by atoms with van der Waals surface area (Å²) in [5.41, 5.74) is 1.21. The molecule has 1 fully saturated rings. The Bertz CT molecular complexity index is 1120. The summed E-state index contributed by atoms with van der Waals surface area (Å²) < 4.78 is 55.0. The molecule has 170 valence electrons. The number of carbonyl (C=O) groups excluding carboxylic acids is 1. The van der Waals surface area contributed by atoms with E-state index in [0.717, 1.165) is 0 Å². The topological polar surface area (TPSA) is 50.2 Å². The zero-order chi connectivity index (χ0) is 22.9. The maximum atomic E-state index is 13.5. The van der Waals surface area contributed by atoms with E-state index >= 15 is 0 Å². The van der Waals surface area contributed by atoms with Crippen molar-refractivity contribution in [2.24, 2.45) is 5.92 Å². The Balaban J connectivity index is 1.35. The number of piperidine rings is 1. The maximum absolute atomic E-state index is 13.5. The minimum atomic E-state index is -4.53. The van der Waals surface area contributed by atoms with Crippen molar-refractivity contribution in [3.05, 3.63) is 59.1 Å². The van der Waals surface area contributed by atoms with Crippen molar-refractivity contribution in [2.75, 3.05) is 25.0 Å². The van der Waals surface area contributed by atoms with Gasteiger partial charge in [0, 0.05) is 12.2 Å². The van der Waals surface area contributed by atoms with Gasteiger partial charge in [-0.2, -0.15) is 13.2 Å².